The van der Waals surface area contributed by atoms with Crippen LogP contribution < -0.4 is 11.1 Å². The molecular weight excluding hydrogens is 260 g/mol. The van der Waals surface area contributed by atoms with Crippen LogP contribution in [0.1, 0.15) is 40.0 Å². The Morgan fingerprint density at radius 2 is 1.58 bits per heavy atom. The number of rotatable bonds is 10. The molecule has 0 rings (SSSR count). The van der Waals surface area contributed by atoms with E-state index in [4.69, 9.17) is 19.0 Å². The molecule has 0 aliphatic heterocycles. The number of hydrogen-bond donors (Lipinski definition) is 2. The Labute approximate surface area is 120 Å². The van der Waals surface area contributed by atoms with Crippen molar-refractivity contribution in [1.29, 1.82) is 0 Å². The van der Waals surface area contributed by atoms with Crippen molar-refractivity contribution in [2.24, 2.45) is 5.73 Å². The highest BCUT2D eigenvalue weighted by Crippen LogP contribution is 2.13. The molecule has 3 N–H and O–H groups in total. The lowest BCUT2D eigenvalue weighted by atomic mass is 10.3. The molecule has 0 radical (unpaired) electrons. The highest BCUT2D eigenvalue weighted by atomic mass is 28.4. The summed E-state index contributed by atoms with van der Waals surface area (Å²) >= 11 is 0. The monoisotopic (exact) mass is 294 g/mol. The maximum Gasteiger partial charge on any atom is 0.500 e. The molecular formula is C13H34N2O3Si. The predicted molar refractivity (Wildman–Crippen MR) is 83.3 cm³/mol. The molecule has 1 atom stereocenters. The van der Waals surface area contributed by atoms with E-state index < -0.39 is 8.80 Å². The van der Waals surface area contributed by atoms with Gasteiger partial charge < -0.3 is 24.3 Å². The summed E-state index contributed by atoms with van der Waals surface area (Å²) in [4.78, 5) is 0. The zero-order valence-electron chi connectivity index (χ0n) is 13.6. The van der Waals surface area contributed by atoms with Crippen LogP contribution >= 0.6 is 0 Å². The average molecular weight is 295 g/mol. The van der Waals surface area contributed by atoms with Crippen LogP contribution in [0.4, 0.5) is 0 Å². The Morgan fingerprint density at radius 3 is 1.84 bits per heavy atom. The van der Waals surface area contributed by atoms with Gasteiger partial charge in [-0.1, -0.05) is 26.7 Å². The van der Waals surface area contributed by atoms with Crippen LogP contribution in [-0.4, -0.2) is 49.3 Å². The van der Waals surface area contributed by atoms with Gasteiger partial charge in [0.2, 0.25) is 0 Å². The van der Waals surface area contributed by atoms with Gasteiger partial charge in [-0.25, -0.2) is 0 Å². The van der Waals surface area contributed by atoms with Gasteiger partial charge in [0.1, 0.15) is 0 Å². The molecule has 0 amide bonds. The number of hydrogen-bond acceptors (Lipinski definition) is 5. The Morgan fingerprint density at radius 1 is 1.05 bits per heavy atom. The first-order chi connectivity index (χ1) is 9.05. The van der Waals surface area contributed by atoms with E-state index >= 15 is 0 Å². The van der Waals surface area contributed by atoms with Crippen molar-refractivity contribution in [3.05, 3.63) is 0 Å². The van der Waals surface area contributed by atoms with Gasteiger partial charge >= 0.3 is 8.80 Å². The fourth-order valence-corrected chi connectivity index (χ4v) is 3.20. The zero-order chi connectivity index (χ0) is 15.1. The third-order valence-corrected chi connectivity index (χ3v) is 5.84. The number of unbranched alkanes of at least 4 members (excludes halogenated alkanes) is 1. The SMILES string of the molecule is CCCCNC(C)CN.CCC[Si](OC)(OC)OC. The van der Waals surface area contributed by atoms with Crippen molar-refractivity contribution in [3.8, 4) is 0 Å². The smallest absolute Gasteiger partial charge is 0.377 e. The first kappa shape index (κ1) is 21.3. The molecule has 0 bridgehead atoms. The highest BCUT2D eigenvalue weighted by Gasteiger charge is 2.36. The molecule has 0 aromatic rings. The number of nitrogens with one attached hydrogen (secondary N) is 1. The quantitative estimate of drug-likeness (QED) is 0.476. The topological polar surface area (TPSA) is 65.7 Å². The molecule has 0 aliphatic rings. The van der Waals surface area contributed by atoms with Gasteiger partial charge in [-0.15, -0.1) is 0 Å². The fraction of sp³-hybridized carbons (Fsp3) is 1.00. The molecule has 6 heteroatoms. The van der Waals surface area contributed by atoms with Gasteiger partial charge in [0.15, 0.2) is 0 Å². The van der Waals surface area contributed by atoms with Gasteiger partial charge in [-0.05, 0) is 19.9 Å². The number of nitrogens with two attached hydrogens (primary N) is 1. The lowest BCUT2D eigenvalue weighted by Gasteiger charge is -2.23. The van der Waals surface area contributed by atoms with Crippen molar-refractivity contribution < 1.29 is 13.3 Å². The summed E-state index contributed by atoms with van der Waals surface area (Å²) in [5.41, 5.74) is 5.39. The normalized spacial score (nSPS) is 12.8. The molecule has 0 aliphatic carbocycles. The highest BCUT2D eigenvalue weighted by molar-refractivity contribution is 6.60. The third-order valence-electron chi connectivity index (χ3n) is 2.87. The second kappa shape index (κ2) is 14.4. The first-order valence-electron chi connectivity index (χ1n) is 7.14. The molecule has 1 unspecified atom stereocenters. The van der Waals surface area contributed by atoms with Crippen LogP contribution in [-0.2, 0) is 13.3 Å². The zero-order valence-corrected chi connectivity index (χ0v) is 14.6. The lowest BCUT2D eigenvalue weighted by Crippen LogP contribution is -2.42. The average Bonchev–Trinajstić information content (AvgIpc) is 2.45. The van der Waals surface area contributed by atoms with E-state index in [0.29, 0.717) is 6.04 Å². The van der Waals surface area contributed by atoms with E-state index in [1.807, 2.05) is 0 Å². The molecule has 0 saturated heterocycles. The fourth-order valence-electron chi connectivity index (χ4n) is 1.47. The summed E-state index contributed by atoms with van der Waals surface area (Å²) in [6.45, 7) is 8.22. The van der Waals surface area contributed by atoms with Gasteiger partial charge in [0.05, 0.1) is 0 Å². The van der Waals surface area contributed by atoms with Crippen molar-refractivity contribution in [2.45, 2.75) is 52.1 Å². The van der Waals surface area contributed by atoms with Crippen LogP contribution in [0, 0.1) is 0 Å². The van der Waals surface area contributed by atoms with Crippen LogP contribution in [0.15, 0.2) is 0 Å². The third kappa shape index (κ3) is 11.5. The summed E-state index contributed by atoms with van der Waals surface area (Å²) in [5, 5.41) is 3.31. The van der Waals surface area contributed by atoms with E-state index in [2.05, 4.69) is 26.1 Å². The standard InChI is InChI=1S/C7H18N2.C6H16O3Si/c1-3-4-5-9-7(2)6-8;1-5-6-10(7-2,8-3)9-4/h7,9H,3-6,8H2,1-2H3;5-6H2,1-4H3. The minimum Gasteiger partial charge on any atom is -0.377 e. The summed E-state index contributed by atoms with van der Waals surface area (Å²) in [5.74, 6) is 0. The molecule has 118 valence electrons. The van der Waals surface area contributed by atoms with Gasteiger partial charge in [0, 0.05) is 40.0 Å². The van der Waals surface area contributed by atoms with Crippen molar-refractivity contribution in [1.82, 2.24) is 5.32 Å². The lowest BCUT2D eigenvalue weighted by molar-refractivity contribution is 0.123. The van der Waals surface area contributed by atoms with Crippen molar-refractivity contribution in [2.75, 3.05) is 34.4 Å². The van der Waals surface area contributed by atoms with Gasteiger partial charge in [-0.2, -0.15) is 0 Å². The van der Waals surface area contributed by atoms with E-state index in [1.54, 1.807) is 21.3 Å². The summed E-state index contributed by atoms with van der Waals surface area (Å²) in [6, 6.07) is 1.37. The minimum absolute atomic E-state index is 0.483. The second-order valence-corrected chi connectivity index (χ2v) is 7.58. The molecule has 0 spiro atoms. The van der Waals surface area contributed by atoms with Crippen LogP contribution in [0.3, 0.4) is 0 Å². The maximum absolute atomic E-state index is 5.39. The summed E-state index contributed by atoms with van der Waals surface area (Å²) < 4.78 is 15.5. The molecule has 0 aromatic heterocycles. The predicted octanol–water partition coefficient (Wildman–Crippen LogP) is 2.00. The maximum atomic E-state index is 5.39. The van der Waals surface area contributed by atoms with Crippen LogP contribution in [0.2, 0.25) is 6.04 Å². The summed E-state index contributed by atoms with van der Waals surface area (Å²) in [6.07, 6.45) is 3.54. The largest absolute Gasteiger partial charge is 0.500 e. The van der Waals surface area contributed by atoms with E-state index in [1.165, 1.54) is 12.8 Å². The molecule has 19 heavy (non-hydrogen) atoms. The Kier molecular flexibility index (Phi) is 16.2. The van der Waals surface area contributed by atoms with Gasteiger partial charge in [-0.3, -0.25) is 0 Å². The molecule has 0 aromatic carbocycles. The van der Waals surface area contributed by atoms with E-state index in [0.717, 1.165) is 25.6 Å². The Hall–Kier alpha value is 0.0169. The molecule has 5 nitrogen and oxygen atoms in total. The summed E-state index contributed by atoms with van der Waals surface area (Å²) in [7, 11) is 2.68. The molecule has 0 heterocycles. The van der Waals surface area contributed by atoms with Crippen molar-refractivity contribution in [3.63, 3.8) is 0 Å². The molecule has 0 fully saturated rings. The van der Waals surface area contributed by atoms with Crippen LogP contribution in [0.25, 0.3) is 0 Å². The van der Waals surface area contributed by atoms with Crippen molar-refractivity contribution >= 4 is 8.80 Å². The molecule has 0 saturated carbocycles. The Bertz CT molecular complexity index is 173. The van der Waals surface area contributed by atoms with E-state index in [9.17, 15) is 0 Å². The first-order valence-corrected chi connectivity index (χ1v) is 9.07. The van der Waals surface area contributed by atoms with Gasteiger partial charge in [0.25, 0.3) is 0 Å². The van der Waals surface area contributed by atoms with E-state index in [-0.39, 0.29) is 0 Å². The van der Waals surface area contributed by atoms with Crippen LogP contribution in [0.5, 0.6) is 0 Å². The minimum atomic E-state index is -2.22. The second-order valence-electron chi connectivity index (χ2n) is 4.49. The Balaban J connectivity index is 0.